The van der Waals surface area contributed by atoms with Gasteiger partial charge >= 0.3 is 116 Å². The standard InChI is InChI=1S/C3H4O4.2C2H3O2.4Ag/c4-2(5)1-3(6)7;2*1-2(3)4;;;;/h1H2,(H,4,5)(H,6,7);2*1H2,(H,3,4);;;;/q;;;;;2*+1/p-2. The van der Waals surface area contributed by atoms with Crippen molar-refractivity contribution in [2.75, 3.05) is 0 Å². The van der Waals surface area contributed by atoms with Crippen molar-refractivity contribution < 1.29 is 121 Å². The van der Waals surface area contributed by atoms with Crippen LogP contribution in [0, 0.1) is 0 Å². The molecule has 0 atom stereocenters. The number of hydrogen-bond acceptors (Lipinski definition) is 6. The number of hydrogen-bond donors (Lipinski definition) is 2. The maximum atomic E-state index is 10.9. The molecule has 0 saturated heterocycles. The van der Waals surface area contributed by atoms with E-state index in [9.17, 15) is 19.2 Å². The van der Waals surface area contributed by atoms with Crippen molar-refractivity contribution in [2.24, 2.45) is 0 Å². The largest absolute Gasteiger partial charge is 0 e. The first-order valence-electron chi connectivity index (χ1n) is 3.76. The smallest absolute Gasteiger partial charge is 0 e. The summed E-state index contributed by atoms with van der Waals surface area (Å²) >= 11 is -1.15. The zero-order valence-corrected chi connectivity index (χ0v) is 14.6. The quantitative estimate of drug-likeness (QED) is 0.265. The van der Waals surface area contributed by atoms with Crippen LogP contribution in [0.1, 0.15) is 6.42 Å². The summed E-state index contributed by atoms with van der Waals surface area (Å²) in [7, 11) is 0. The SMILES string of the molecule is O=C(O)[CH2][Ag][O]C(=O)CC(=O)[O][Ag][CH2]C(=O)O.[Ag].[Ag]. The van der Waals surface area contributed by atoms with E-state index in [-0.39, 0.29) is 54.0 Å². The van der Waals surface area contributed by atoms with Crippen molar-refractivity contribution in [3.63, 3.8) is 0 Å². The van der Waals surface area contributed by atoms with Crippen molar-refractivity contribution in [3.8, 4) is 0 Å². The minimum atomic E-state index is -1.11. The number of aliphatic carboxylic acids is 2. The van der Waals surface area contributed by atoms with Crippen LogP contribution < -0.4 is 0 Å². The van der Waals surface area contributed by atoms with E-state index < -0.39 is 70.6 Å². The summed E-state index contributed by atoms with van der Waals surface area (Å²) in [4.78, 5) is 42.0. The molecule has 128 valence electrons. The van der Waals surface area contributed by atoms with Crippen molar-refractivity contribution in [2.45, 2.75) is 15.7 Å². The molecule has 2 radical (unpaired) electrons. The Balaban J connectivity index is -0.00000128. The summed E-state index contributed by atoms with van der Waals surface area (Å²) in [5, 5.41) is 16.5. The van der Waals surface area contributed by atoms with Crippen LogP contribution >= 0.6 is 0 Å². The van der Waals surface area contributed by atoms with Gasteiger partial charge in [0.05, 0.1) is 0 Å². The molecule has 2 N–H and O–H groups in total. The fraction of sp³-hybridized carbons (Fsp3) is 0.429. The third kappa shape index (κ3) is 18.8. The summed E-state index contributed by atoms with van der Waals surface area (Å²) in [5.74, 6) is -4.00. The first kappa shape index (κ1) is 24.8. The molecule has 0 bridgehead atoms. The molecule has 0 aliphatic rings. The summed E-state index contributed by atoms with van der Waals surface area (Å²) in [5.41, 5.74) is 0. The number of carboxylic acid groups (broad SMARTS) is 2. The Morgan fingerprint density at radius 2 is 1.11 bits per heavy atom. The Morgan fingerprint density at radius 3 is 1.37 bits per heavy atom. The van der Waals surface area contributed by atoms with Gasteiger partial charge in [0.15, 0.2) is 0 Å². The molecule has 0 aliphatic heterocycles. The topological polar surface area (TPSA) is 127 Å². The van der Waals surface area contributed by atoms with Gasteiger partial charge in [0.25, 0.3) is 0 Å². The van der Waals surface area contributed by atoms with Gasteiger partial charge in [0, 0.05) is 44.8 Å². The molecule has 0 aliphatic carbocycles. The first-order chi connectivity index (χ1) is 7.91. The molecule has 0 unspecified atom stereocenters. The van der Waals surface area contributed by atoms with Gasteiger partial charge < -0.3 is 0 Å². The third-order valence-electron chi connectivity index (χ3n) is 0.782. The van der Waals surface area contributed by atoms with Crippen LogP contribution in [0.25, 0.3) is 0 Å². The summed E-state index contributed by atoms with van der Waals surface area (Å²) in [6.07, 6.45) is -0.652. The van der Waals surface area contributed by atoms with Crippen LogP contribution in [-0.4, -0.2) is 34.1 Å². The number of carboxylic acids is 2. The second kappa shape index (κ2) is 15.2. The number of carbonyl (C=O) groups is 4. The predicted molar refractivity (Wildman–Crippen MR) is 41.7 cm³/mol. The molecule has 0 aromatic heterocycles. The van der Waals surface area contributed by atoms with Gasteiger partial charge in [0.2, 0.25) is 0 Å². The molecule has 8 nitrogen and oxygen atoms in total. The maximum Gasteiger partial charge on any atom is 0 e. The predicted octanol–water partition coefficient (Wildman–Crippen LogP) is -0.541. The van der Waals surface area contributed by atoms with Gasteiger partial charge in [0.1, 0.15) is 0 Å². The molecular weight excluding hydrogens is 644 g/mol. The van der Waals surface area contributed by atoms with Gasteiger partial charge in [-0.2, -0.15) is 0 Å². The van der Waals surface area contributed by atoms with Gasteiger partial charge in [-0.15, -0.1) is 0 Å². The zero-order valence-electron chi connectivity index (χ0n) is 8.67. The van der Waals surface area contributed by atoms with Crippen LogP contribution in [0.2, 0.25) is 9.28 Å². The molecular formula is C7H8Ag4O8. The van der Waals surface area contributed by atoms with Crippen molar-refractivity contribution in [3.05, 3.63) is 0 Å². The molecule has 0 aromatic rings. The van der Waals surface area contributed by atoms with E-state index >= 15 is 0 Å². The van der Waals surface area contributed by atoms with Crippen LogP contribution in [-0.2, 0) is 111 Å². The molecule has 0 saturated carbocycles. The van der Waals surface area contributed by atoms with E-state index in [1.54, 1.807) is 0 Å². The van der Waals surface area contributed by atoms with E-state index in [1.807, 2.05) is 0 Å². The molecule has 0 aromatic carbocycles. The Kier molecular flexibility index (Phi) is 19.9. The average Bonchev–Trinajstić information content (AvgIpc) is 2.15. The number of carbonyl (C=O) groups excluding carboxylic acids is 2. The fourth-order valence-corrected chi connectivity index (χ4v) is 1.65. The van der Waals surface area contributed by atoms with Gasteiger partial charge in [-0.25, -0.2) is 0 Å². The Labute approximate surface area is 159 Å². The Bertz CT molecular complexity index is 290. The van der Waals surface area contributed by atoms with Crippen LogP contribution in [0.15, 0.2) is 0 Å². The normalized spacial score (nSPS) is 8.84. The van der Waals surface area contributed by atoms with E-state index in [0.29, 0.717) is 0 Å². The Morgan fingerprint density at radius 1 is 0.789 bits per heavy atom. The van der Waals surface area contributed by atoms with E-state index in [2.05, 4.69) is 6.49 Å². The van der Waals surface area contributed by atoms with E-state index in [4.69, 9.17) is 10.2 Å². The summed E-state index contributed by atoms with van der Waals surface area (Å²) < 4.78 is 8.26. The minimum absolute atomic E-state index is 0. The minimum Gasteiger partial charge on any atom is 0 e. The third-order valence-corrected chi connectivity index (χ3v) is 3.21. The fourth-order valence-electron chi connectivity index (χ4n) is 0.376. The van der Waals surface area contributed by atoms with Gasteiger partial charge in [-0.3, -0.25) is 0 Å². The first-order valence-corrected chi connectivity index (χ1v) is 7.07. The molecule has 0 amide bonds. The van der Waals surface area contributed by atoms with Gasteiger partial charge in [-0.05, 0) is 0 Å². The van der Waals surface area contributed by atoms with E-state index in [1.165, 1.54) is 0 Å². The summed E-state index contributed by atoms with van der Waals surface area (Å²) in [6, 6.07) is 0. The average molecular weight is 652 g/mol. The van der Waals surface area contributed by atoms with E-state index in [0.717, 1.165) is 0 Å². The second-order valence-electron chi connectivity index (χ2n) is 2.22. The molecule has 0 fully saturated rings. The molecule has 0 rings (SSSR count). The Hall–Kier alpha value is 0.841. The van der Waals surface area contributed by atoms with Crippen molar-refractivity contribution in [1.82, 2.24) is 0 Å². The number of rotatable bonds is 8. The monoisotopic (exact) mass is 648 g/mol. The van der Waals surface area contributed by atoms with Crippen molar-refractivity contribution in [1.29, 1.82) is 0 Å². The van der Waals surface area contributed by atoms with Crippen LogP contribution in [0.3, 0.4) is 0 Å². The molecule has 12 heteroatoms. The van der Waals surface area contributed by atoms with Gasteiger partial charge in [-0.1, -0.05) is 0 Å². The van der Waals surface area contributed by atoms with Crippen LogP contribution in [0.4, 0.5) is 0 Å². The molecule has 0 spiro atoms. The molecule has 19 heavy (non-hydrogen) atoms. The maximum absolute atomic E-state index is 10.9. The molecule has 0 heterocycles. The zero-order chi connectivity index (χ0) is 13.3. The van der Waals surface area contributed by atoms with Crippen LogP contribution in [0.5, 0.6) is 0 Å². The second-order valence-corrected chi connectivity index (χ2v) is 4.73. The summed E-state index contributed by atoms with van der Waals surface area (Å²) in [6.45, 7) is 0. The van der Waals surface area contributed by atoms with Crippen molar-refractivity contribution >= 4 is 23.9 Å².